The minimum absolute atomic E-state index is 0.0409. The number of allylic oxidation sites excluding steroid dienone is 1. The Hall–Kier alpha value is -5.10. The quantitative estimate of drug-likeness (QED) is 0.120. The maximum absolute atomic E-state index is 13.5. The van der Waals surface area contributed by atoms with Crippen LogP contribution in [-0.4, -0.2) is 52.0 Å². The van der Waals surface area contributed by atoms with Gasteiger partial charge >= 0.3 is 16.1 Å². The summed E-state index contributed by atoms with van der Waals surface area (Å²) in [5, 5.41) is 2.20. The number of imide groups is 2. The highest BCUT2D eigenvalue weighted by molar-refractivity contribution is 7.87. The van der Waals surface area contributed by atoms with Gasteiger partial charge in [-0.05, 0) is 73.4 Å². The van der Waals surface area contributed by atoms with Crippen LogP contribution in [0.15, 0.2) is 77.7 Å². The number of nitrogens with one attached hydrogen (secondary N) is 1. The van der Waals surface area contributed by atoms with Gasteiger partial charge in [0.1, 0.15) is 10.5 Å². The third-order valence-electron chi connectivity index (χ3n) is 6.77. The minimum Gasteiger partial charge on any atom is -0.493 e. The van der Waals surface area contributed by atoms with Crippen LogP contribution in [0.1, 0.15) is 35.6 Å². The molecule has 0 spiro atoms. The van der Waals surface area contributed by atoms with Gasteiger partial charge in [-0.1, -0.05) is 36.8 Å². The molecule has 1 fully saturated rings. The van der Waals surface area contributed by atoms with Gasteiger partial charge in [-0.3, -0.25) is 19.8 Å². The number of carbonyl (C=O) groups is 3. The Kier molecular flexibility index (Phi) is 10.3. The Labute approximate surface area is 262 Å². The third kappa shape index (κ3) is 7.52. The number of amides is 4. The zero-order chi connectivity index (χ0) is 32.7. The van der Waals surface area contributed by atoms with E-state index in [1.165, 1.54) is 38.5 Å². The molecule has 0 radical (unpaired) electrons. The van der Waals surface area contributed by atoms with Crippen LogP contribution in [0.3, 0.4) is 0 Å². The number of urea groups is 1. The van der Waals surface area contributed by atoms with Crippen molar-refractivity contribution in [3.8, 4) is 23.0 Å². The summed E-state index contributed by atoms with van der Waals surface area (Å²) in [6, 6.07) is 13.3. The Morgan fingerprint density at radius 3 is 2.29 bits per heavy atom. The maximum atomic E-state index is 13.5. The first-order valence-corrected chi connectivity index (χ1v) is 15.4. The molecule has 0 saturated carbocycles. The number of benzene rings is 3. The molecular formula is C33H34N2O9S. The first kappa shape index (κ1) is 32.8. The highest BCUT2D eigenvalue weighted by Crippen LogP contribution is 2.37. The van der Waals surface area contributed by atoms with Crippen molar-refractivity contribution in [1.29, 1.82) is 0 Å². The Morgan fingerprint density at radius 2 is 1.64 bits per heavy atom. The van der Waals surface area contributed by atoms with E-state index in [0.717, 1.165) is 16.9 Å². The predicted octanol–water partition coefficient (Wildman–Crippen LogP) is 4.96. The molecule has 0 aromatic heterocycles. The smallest absolute Gasteiger partial charge is 0.339 e. The van der Waals surface area contributed by atoms with Crippen LogP contribution >= 0.6 is 0 Å². The van der Waals surface area contributed by atoms with Gasteiger partial charge in [0.2, 0.25) is 0 Å². The summed E-state index contributed by atoms with van der Waals surface area (Å²) in [6.07, 6.45) is 3.83. The Balaban J connectivity index is 1.67. The largest absolute Gasteiger partial charge is 0.493 e. The SMILES string of the molecule is C=CCc1cc(/C=C2\C(=O)NC(=O)N(Cc3ccc(OCCC)c(OC)c3)C2=O)cc(OC)c1OS(=O)(=O)c1ccc(C)cc1. The number of rotatable bonds is 13. The maximum Gasteiger partial charge on any atom is 0.339 e. The van der Waals surface area contributed by atoms with Gasteiger partial charge in [0.15, 0.2) is 23.0 Å². The second-order valence-corrected chi connectivity index (χ2v) is 11.6. The molecule has 236 valence electrons. The lowest BCUT2D eigenvalue weighted by molar-refractivity contribution is -0.130. The molecule has 3 aromatic rings. The number of nitrogens with zero attached hydrogens (tertiary/aromatic N) is 1. The summed E-state index contributed by atoms with van der Waals surface area (Å²) in [4.78, 5) is 39.9. The molecule has 12 heteroatoms. The number of aryl methyl sites for hydroxylation is 1. The molecule has 0 aliphatic carbocycles. The molecule has 1 aliphatic heterocycles. The summed E-state index contributed by atoms with van der Waals surface area (Å²) in [5.41, 5.74) is 1.85. The van der Waals surface area contributed by atoms with Crippen LogP contribution in [0.2, 0.25) is 0 Å². The predicted molar refractivity (Wildman–Crippen MR) is 167 cm³/mol. The summed E-state index contributed by atoms with van der Waals surface area (Å²) >= 11 is 0. The molecule has 0 atom stereocenters. The molecular weight excluding hydrogens is 600 g/mol. The molecule has 11 nitrogen and oxygen atoms in total. The molecule has 1 N–H and O–H groups in total. The third-order valence-corrected chi connectivity index (χ3v) is 8.00. The van der Waals surface area contributed by atoms with Crippen molar-refractivity contribution in [2.45, 2.75) is 38.1 Å². The van der Waals surface area contributed by atoms with Crippen LogP contribution < -0.4 is 23.7 Å². The molecule has 45 heavy (non-hydrogen) atoms. The number of carbonyl (C=O) groups excluding carboxylic acids is 3. The summed E-state index contributed by atoms with van der Waals surface area (Å²) in [7, 11) is -1.41. The standard InChI is InChI=1S/C33H34N2O9S/c1-6-8-24-16-23(19-29(42-5)30(24)44-45(39,40)25-12-9-21(3)10-13-25)17-26-31(36)34-33(38)35(32(26)37)20-22-11-14-27(43-15-7-2)28(18-22)41-4/h6,9-14,16-19H,1,7-8,15,20H2,2-5H3,(H,34,36,38)/b26-17+. The van der Waals surface area contributed by atoms with E-state index in [1.807, 2.05) is 13.8 Å². The average molecular weight is 635 g/mol. The number of ether oxygens (including phenoxy) is 3. The topological polar surface area (TPSA) is 138 Å². The Morgan fingerprint density at radius 1 is 0.933 bits per heavy atom. The lowest BCUT2D eigenvalue weighted by atomic mass is 10.0. The van der Waals surface area contributed by atoms with Crippen LogP contribution in [0.5, 0.6) is 23.0 Å². The van der Waals surface area contributed by atoms with E-state index in [4.69, 9.17) is 18.4 Å². The van der Waals surface area contributed by atoms with Gasteiger partial charge in [-0.15, -0.1) is 6.58 Å². The van der Waals surface area contributed by atoms with Gasteiger partial charge in [0.25, 0.3) is 11.8 Å². The molecule has 1 saturated heterocycles. The molecule has 3 aromatic carbocycles. The highest BCUT2D eigenvalue weighted by Gasteiger charge is 2.36. The molecule has 4 rings (SSSR count). The number of hydrogen-bond donors (Lipinski definition) is 1. The van der Waals surface area contributed by atoms with E-state index < -0.39 is 28.0 Å². The van der Waals surface area contributed by atoms with E-state index in [0.29, 0.717) is 34.8 Å². The van der Waals surface area contributed by atoms with Crippen molar-refractivity contribution in [1.82, 2.24) is 10.2 Å². The lowest BCUT2D eigenvalue weighted by Crippen LogP contribution is -2.53. The minimum atomic E-state index is -4.23. The van der Waals surface area contributed by atoms with Crippen molar-refractivity contribution in [3.63, 3.8) is 0 Å². The van der Waals surface area contributed by atoms with Gasteiger partial charge in [-0.25, -0.2) is 4.79 Å². The van der Waals surface area contributed by atoms with Crippen molar-refractivity contribution >= 4 is 34.0 Å². The van der Waals surface area contributed by atoms with Crippen molar-refractivity contribution in [3.05, 3.63) is 95.1 Å². The van der Waals surface area contributed by atoms with Crippen molar-refractivity contribution in [2.75, 3.05) is 20.8 Å². The molecule has 0 bridgehead atoms. The first-order chi connectivity index (χ1) is 21.5. The van der Waals surface area contributed by atoms with E-state index in [1.54, 1.807) is 42.5 Å². The van der Waals surface area contributed by atoms with Crippen LogP contribution in [0, 0.1) is 6.92 Å². The number of methoxy groups -OCH3 is 2. The summed E-state index contributed by atoms with van der Waals surface area (Å²) < 4.78 is 48.2. The summed E-state index contributed by atoms with van der Waals surface area (Å²) in [5.74, 6) is -0.750. The van der Waals surface area contributed by atoms with E-state index in [-0.39, 0.29) is 34.9 Å². The second-order valence-electron chi connectivity index (χ2n) is 10.1. The van der Waals surface area contributed by atoms with Crippen LogP contribution in [-0.2, 0) is 32.7 Å². The number of barbiturate groups is 1. The van der Waals surface area contributed by atoms with Crippen molar-refractivity contribution in [2.24, 2.45) is 0 Å². The number of hydrogen-bond acceptors (Lipinski definition) is 9. The van der Waals surface area contributed by atoms with Gasteiger partial charge in [-0.2, -0.15) is 8.42 Å². The normalized spacial score (nSPS) is 14.3. The molecule has 4 amide bonds. The second kappa shape index (κ2) is 14.1. The van der Waals surface area contributed by atoms with E-state index in [9.17, 15) is 22.8 Å². The van der Waals surface area contributed by atoms with Crippen molar-refractivity contribution < 1.29 is 41.2 Å². The zero-order valence-electron chi connectivity index (χ0n) is 25.4. The van der Waals surface area contributed by atoms with E-state index >= 15 is 0 Å². The van der Waals surface area contributed by atoms with Gasteiger partial charge < -0.3 is 18.4 Å². The average Bonchev–Trinajstić information content (AvgIpc) is 3.01. The van der Waals surface area contributed by atoms with Gasteiger partial charge in [0, 0.05) is 5.56 Å². The van der Waals surface area contributed by atoms with Crippen LogP contribution in [0.25, 0.3) is 6.08 Å². The Bertz CT molecular complexity index is 1760. The fourth-order valence-electron chi connectivity index (χ4n) is 4.51. The highest BCUT2D eigenvalue weighted by atomic mass is 32.2. The fraction of sp³-hybridized carbons (Fsp3) is 0.242. The summed E-state index contributed by atoms with van der Waals surface area (Å²) in [6.45, 7) is 7.90. The lowest BCUT2D eigenvalue weighted by Gasteiger charge is -2.26. The van der Waals surface area contributed by atoms with E-state index in [2.05, 4.69) is 11.9 Å². The zero-order valence-corrected chi connectivity index (χ0v) is 26.2. The first-order valence-electron chi connectivity index (χ1n) is 14.0. The molecule has 1 aliphatic rings. The van der Waals surface area contributed by atoms with Gasteiger partial charge in [0.05, 0.1) is 27.4 Å². The fourth-order valence-corrected chi connectivity index (χ4v) is 5.49. The monoisotopic (exact) mass is 634 g/mol. The molecule has 0 unspecified atom stereocenters. The van der Waals surface area contributed by atoms with Crippen LogP contribution in [0.4, 0.5) is 4.79 Å². The molecule has 1 heterocycles.